The number of ether oxygens (including phenoxy) is 4. The van der Waals surface area contributed by atoms with E-state index in [2.05, 4.69) is 4.74 Å². The topological polar surface area (TPSA) is 54.0 Å². The highest BCUT2D eigenvalue weighted by Gasteiger charge is 2.00. The van der Waals surface area contributed by atoms with Gasteiger partial charge in [0.25, 0.3) is 0 Å². The van der Waals surface area contributed by atoms with Crippen LogP contribution in [-0.4, -0.2) is 51.7 Å². The van der Waals surface area contributed by atoms with E-state index >= 15 is 0 Å². The van der Waals surface area contributed by atoms with E-state index in [0.29, 0.717) is 33.0 Å². The van der Waals surface area contributed by atoms with Crippen molar-refractivity contribution in [2.45, 2.75) is 26.9 Å². The van der Waals surface area contributed by atoms with Gasteiger partial charge in [0.05, 0.1) is 39.1 Å². The van der Waals surface area contributed by atoms with Gasteiger partial charge in [0.2, 0.25) is 0 Å². The zero-order valence-corrected chi connectivity index (χ0v) is 10.4. The molecule has 16 heavy (non-hydrogen) atoms. The highest BCUT2D eigenvalue weighted by Crippen LogP contribution is 1.87. The molecule has 0 aromatic rings. The molecular weight excluding hydrogens is 212 g/mol. The van der Waals surface area contributed by atoms with Crippen LogP contribution in [0.5, 0.6) is 0 Å². The van der Waals surface area contributed by atoms with Gasteiger partial charge in [-0.2, -0.15) is 0 Å². The van der Waals surface area contributed by atoms with Crippen molar-refractivity contribution in [3.63, 3.8) is 0 Å². The molecule has 0 radical (unpaired) electrons. The Morgan fingerprint density at radius 2 is 1.69 bits per heavy atom. The summed E-state index contributed by atoms with van der Waals surface area (Å²) in [5.74, 6) is -0.342. The fourth-order valence-electron chi connectivity index (χ4n) is 0.921. The van der Waals surface area contributed by atoms with Crippen LogP contribution in [0.3, 0.4) is 0 Å². The Morgan fingerprint density at radius 1 is 1.06 bits per heavy atom. The third-order valence-electron chi connectivity index (χ3n) is 1.58. The Labute approximate surface area is 97.0 Å². The first-order valence-corrected chi connectivity index (χ1v) is 5.59. The van der Waals surface area contributed by atoms with E-state index in [9.17, 15) is 4.79 Å². The van der Waals surface area contributed by atoms with Gasteiger partial charge >= 0.3 is 5.97 Å². The molecule has 5 heteroatoms. The van der Waals surface area contributed by atoms with Crippen LogP contribution < -0.4 is 0 Å². The molecule has 0 aromatic carbocycles. The second kappa shape index (κ2) is 10.9. The van der Waals surface area contributed by atoms with Crippen LogP contribution in [0.4, 0.5) is 0 Å². The maximum Gasteiger partial charge on any atom is 0.332 e. The van der Waals surface area contributed by atoms with Crippen molar-refractivity contribution >= 4 is 5.97 Å². The first-order chi connectivity index (χ1) is 7.66. The van der Waals surface area contributed by atoms with Crippen LogP contribution in [0, 0.1) is 0 Å². The van der Waals surface area contributed by atoms with Gasteiger partial charge in [-0.25, -0.2) is 4.79 Å². The number of carbonyl (C=O) groups is 1. The molecule has 0 N–H and O–H groups in total. The zero-order valence-electron chi connectivity index (χ0n) is 10.4. The normalized spacial score (nSPS) is 10.8. The second-order valence-electron chi connectivity index (χ2n) is 3.39. The van der Waals surface area contributed by atoms with Crippen LogP contribution in [0.2, 0.25) is 0 Å². The molecular formula is C11H22O5. The fourth-order valence-corrected chi connectivity index (χ4v) is 0.921. The smallest absolute Gasteiger partial charge is 0.332 e. The van der Waals surface area contributed by atoms with Crippen molar-refractivity contribution in [2.75, 3.05) is 39.6 Å². The summed E-state index contributed by atoms with van der Waals surface area (Å²) >= 11 is 0. The van der Waals surface area contributed by atoms with Crippen molar-refractivity contribution in [3.05, 3.63) is 0 Å². The minimum Gasteiger partial charge on any atom is -0.464 e. The lowest BCUT2D eigenvalue weighted by atomic mass is 10.5. The molecule has 5 nitrogen and oxygen atoms in total. The second-order valence-corrected chi connectivity index (χ2v) is 3.39. The molecule has 0 aromatic heterocycles. The first kappa shape index (κ1) is 15.3. The molecule has 0 unspecified atom stereocenters. The molecule has 0 saturated carbocycles. The van der Waals surface area contributed by atoms with Gasteiger partial charge in [-0.3, -0.25) is 0 Å². The fraction of sp³-hybridized carbons (Fsp3) is 0.909. The Morgan fingerprint density at radius 3 is 2.31 bits per heavy atom. The molecule has 0 saturated heterocycles. The van der Waals surface area contributed by atoms with Gasteiger partial charge in [-0.15, -0.1) is 0 Å². The molecule has 0 aliphatic rings. The van der Waals surface area contributed by atoms with Crippen LogP contribution in [-0.2, 0) is 23.7 Å². The largest absolute Gasteiger partial charge is 0.464 e. The standard InChI is InChI=1S/C11H22O5/c1-4-15-11(12)9-14-6-5-13-7-8-16-10(2)3/h10H,4-9H2,1-3H3. The average molecular weight is 234 g/mol. The molecule has 96 valence electrons. The summed E-state index contributed by atoms with van der Waals surface area (Å²) in [6, 6.07) is 0. The maximum atomic E-state index is 10.8. The number of esters is 1. The van der Waals surface area contributed by atoms with Gasteiger partial charge in [0, 0.05) is 0 Å². The molecule has 0 bridgehead atoms. The highest BCUT2D eigenvalue weighted by atomic mass is 16.6. The van der Waals surface area contributed by atoms with E-state index < -0.39 is 0 Å². The number of rotatable bonds is 10. The summed E-state index contributed by atoms with van der Waals surface area (Å²) in [7, 11) is 0. The quantitative estimate of drug-likeness (QED) is 0.417. The Kier molecular flexibility index (Phi) is 10.4. The van der Waals surface area contributed by atoms with E-state index in [1.54, 1.807) is 6.92 Å². The Bertz CT molecular complexity index is 170. The van der Waals surface area contributed by atoms with Crippen LogP contribution >= 0.6 is 0 Å². The van der Waals surface area contributed by atoms with Crippen LogP contribution in [0.1, 0.15) is 20.8 Å². The Hall–Kier alpha value is -0.650. The number of hydrogen-bond donors (Lipinski definition) is 0. The predicted octanol–water partition coefficient (Wildman–Crippen LogP) is 1.01. The van der Waals surface area contributed by atoms with E-state index in [4.69, 9.17) is 14.2 Å². The summed E-state index contributed by atoms with van der Waals surface area (Å²) in [6.45, 7) is 8.05. The molecule has 0 atom stereocenters. The lowest BCUT2D eigenvalue weighted by molar-refractivity contribution is -0.149. The molecule has 0 heterocycles. The average Bonchev–Trinajstić information content (AvgIpc) is 2.22. The van der Waals surface area contributed by atoms with Crippen LogP contribution in [0.15, 0.2) is 0 Å². The number of hydrogen-bond acceptors (Lipinski definition) is 5. The number of carbonyl (C=O) groups excluding carboxylic acids is 1. The van der Waals surface area contributed by atoms with Gasteiger partial charge in [0.1, 0.15) is 6.61 Å². The van der Waals surface area contributed by atoms with Crippen molar-refractivity contribution in [3.8, 4) is 0 Å². The Balaban J connectivity index is 3.07. The van der Waals surface area contributed by atoms with Gasteiger partial charge in [0.15, 0.2) is 0 Å². The van der Waals surface area contributed by atoms with E-state index in [1.807, 2.05) is 13.8 Å². The molecule has 0 amide bonds. The van der Waals surface area contributed by atoms with E-state index in [0.717, 1.165) is 0 Å². The highest BCUT2D eigenvalue weighted by molar-refractivity contribution is 5.70. The zero-order chi connectivity index (χ0) is 12.2. The van der Waals surface area contributed by atoms with Crippen molar-refractivity contribution in [2.24, 2.45) is 0 Å². The summed E-state index contributed by atoms with van der Waals surface area (Å²) in [5.41, 5.74) is 0. The summed E-state index contributed by atoms with van der Waals surface area (Å²) < 4.78 is 20.2. The van der Waals surface area contributed by atoms with E-state index in [1.165, 1.54) is 0 Å². The monoisotopic (exact) mass is 234 g/mol. The van der Waals surface area contributed by atoms with Gasteiger partial charge in [-0.1, -0.05) is 0 Å². The lowest BCUT2D eigenvalue weighted by Crippen LogP contribution is -2.16. The molecule has 0 aliphatic heterocycles. The minimum absolute atomic E-state index is 0.0142. The molecule has 0 aliphatic carbocycles. The van der Waals surface area contributed by atoms with Crippen molar-refractivity contribution in [1.82, 2.24) is 0 Å². The predicted molar refractivity (Wildman–Crippen MR) is 59.4 cm³/mol. The van der Waals surface area contributed by atoms with Crippen LogP contribution in [0.25, 0.3) is 0 Å². The minimum atomic E-state index is -0.342. The summed E-state index contributed by atoms with van der Waals surface area (Å²) in [5, 5.41) is 0. The van der Waals surface area contributed by atoms with E-state index in [-0.39, 0.29) is 18.7 Å². The summed E-state index contributed by atoms with van der Waals surface area (Å²) in [4.78, 5) is 10.8. The van der Waals surface area contributed by atoms with Crippen molar-refractivity contribution < 1.29 is 23.7 Å². The lowest BCUT2D eigenvalue weighted by Gasteiger charge is -2.08. The molecule has 0 spiro atoms. The molecule has 0 rings (SSSR count). The van der Waals surface area contributed by atoms with Crippen molar-refractivity contribution in [1.29, 1.82) is 0 Å². The third kappa shape index (κ3) is 11.4. The van der Waals surface area contributed by atoms with Gasteiger partial charge in [-0.05, 0) is 20.8 Å². The first-order valence-electron chi connectivity index (χ1n) is 5.59. The molecule has 0 fully saturated rings. The third-order valence-corrected chi connectivity index (χ3v) is 1.58. The van der Waals surface area contributed by atoms with Gasteiger partial charge < -0.3 is 18.9 Å². The summed E-state index contributed by atoms with van der Waals surface area (Å²) in [6.07, 6.45) is 0.226. The maximum absolute atomic E-state index is 10.8. The SMILES string of the molecule is CCOC(=O)COCCOCCOC(C)C.